The molecule has 1 aliphatic heterocycles. The minimum absolute atomic E-state index is 0.0344. The molecular weight excluding hydrogens is 494 g/mol. The van der Waals surface area contributed by atoms with E-state index in [1.165, 1.54) is 18.0 Å². The summed E-state index contributed by atoms with van der Waals surface area (Å²) in [5, 5.41) is 22.7. The number of amides is 3. The second kappa shape index (κ2) is 10.5. The second-order valence-electron chi connectivity index (χ2n) is 11.6. The van der Waals surface area contributed by atoms with E-state index in [1.807, 2.05) is 17.0 Å². The van der Waals surface area contributed by atoms with Crippen molar-refractivity contribution in [3.8, 4) is 6.07 Å². The maximum absolute atomic E-state index is 13.8. The SMILES string of the molecule is CN(C)[C@]1(c2ccccc2)CC[C@]2(CC1)CN(CCC(=O)Nc1cnc(C#N)nc1)C(=O)N2CC1(O)CCC1. The molecule has 0 bridgehead atoms. The summed E-state index contributed by atoms with van der Waals surface area (Å²) in [5.41, 5.74) is 0.407. The number of aliphatic hydroxyl groups is 1. The Bertz CT molecular complexity index is 1230. The van der Waals surface area contributed by atoms with Gasteiger partial charge in [0.25, 0.3) is 0 Å². The average Bonchev–Trinajstić information content (AvgIpc) is 3.18. The molecule has 2 N–H and O–H groups in total. The number of β-amino-alcohol motifs (C(OH)–C–C–N with tert-alkyl or cyclic N) is 1. The topological polar surface area (TPSA) is 126 Å². The van der Waals surface area contributed by atoms with E-state index in [1.54, 1.807) is 4.90 Å². The number of nitrogens with zero attached hydrogens (tertiary/aromatic N) is 6. The minimum Gasteiger partial charge on any atom is -0.388 e. The third-order valence-electron chi connectivity index (χ3n) is 9.12. The molecule has 206 valence electrons. The molecule has 2 saturated carbocycles. The van der Waals surface area contributed by atoms with Crippen LogP contribution in [-0.2, 0) is 10.3 Å². The van der Waals surface area contributed by atoms with Crippen LogP contribution in [0.1, 0.15) is 62.8 Å². The molecule has 10 heteroatoms. The predicted octanol–water partition coefficient (Wildman–Crippen LogP) is 3.10. The van der Waals surface area contributed by atoms with Gasteiger partial charge in [-0.05, 0) is 64.6 Å². The molecule has 3 fully saturated rings. The lowest BCUT2D eigenvalue weighted by molar-refractivity contribution is -0.116. The van der Waals surface area contributed by atoms with Gasteiger partial charge in [0.1, 0.15) is 6.07 Å². The Labute approximate surface area is 229 Å². The summed E-state index contributed by atoms with van der Waals surface area (Å²) in [6.45, 7) is 1.18. The van der Waals surface area contributed by atoms with Gasteiger partial charge in [-0.25, -0.2) is 14.8 Å². The molecule has 3 aliphatic rings. The van der Waals surface area contributed by atoms with E-state index >= 15 is 0 Å². The molecule has 39 heavy (non-hydrogen) atoms. The van der Waals surface area contributed by atoms with Crippen molar-refractivity contribution < 1.29 is 14.7 Å². The van der Waals surface area contributed by atoms with Gasteiger partial charge >= 0.3 is 6.03 Å². The molecule has 0 radical (unpaired) electrons. The van der Waals surface area contributed by atoms with Crippen molar-refractivity contribution in [1.29, 1.82) is 5.26 Å². The molecule has 2 aromatic rings. The fourth-order valence-corrected chi connectivity index (χ4v) is 6.54. The average molecular weight is 532 g/mol. The first-order chi connectivity index (χ1) is 18.7. The van der Waals surface area contributed by atoms with Gasteiger partial charge in [-0.15, -0.1) is 0 Å². The first-order valence-electron chi connectivity index (χ1n) is 13.7. The fraction of sp³-hybridized carbons (Fsp3) is 0.552. The van der Waals surface area contributed by atoms with Crippen molar-refractivity contribution >= 4 is 17.6 Å². The number of anilines is 1. The van der Waals surface area contributed by atoms with Crippen LogP contribution in [0.5, 0.6) is 0 Å². The number of carbonyl (C=O) groups is 2. The van der Waals surface area contributed by atoms with Gasteiger partial charge in [-0.1, -0.05) is 30.3 Å². The molecule has 3 amide bonds. The number of nitrogens with one attached hydrogen (secondary N) is 1. The van der Waals surface area contributed by atoms with Gasteiger partial charge in [-0.3, -0.25) is 9.69 Å². The number of rotatable bonds is 8. The quantitative estimate of drug-likeness (QED) is 0.536. The van der Waals surface area contributed by atoms with Crippen LogP contribution in [0.15, 0.2) is 42.7 Å². The first-order valence-corrected chi connectivity index (χ1v) is 13.7. The van der Waals surface area contributed by atoms with E-state index in [2.05, 4.69) is 58.5 Å². The monoisotopic (exact) mass is 531 g/mol. The van der Waals surface area contributed by atoms with Crippen molar-refractivity contribution in [1.82, 2.24) is 24.7 Å². The first kappa shape index (κ1) is 27.0. The lowest BCUT2D eigenvalue weighted by atomic mass is 9.67. The van der Waals surface area contributed by atoms with Crippen molar-refractivity contribution in [2.24, 2.45) is 0 Å². The predicted molar refractivity (Wildman–Crippen MR) is 145 cm³/mol. The zero-order valence-corrected chi connectivity index (χ0v) is 22.8. The number of urea groups is 1. The van der Waals surface area contributed by atoms with Crippen LogP contribution < -0.4 is 5.32 Å². The van der Waals surface area contributed by atoms with Gasteiger partial charge in [0.05, 0.1) is 35.8 Å². The zero-order chi connectivity index (χ0) is 27.7. The largest absolute Gasteiger partial charge is 0.388 e. The molecule has 5 rings (SSSR count). The van der Waals surface area contributed by atoms with Crippen LogP contribution in [0.4, 0.5) is 10.5 Å². The highest BCUT2D eigenvalue weighted by atomic mass is 16.3. The van der Waals surface area contributed by atoms with Crippen LogP contribution in [0.2, 0.25) is 0 Å². The second-order valence-corrected chi connectivity index (χ2v) is 11.6. The lowest BCUT2D eigenvalue weighted by Gasteiger charge is -2.52. The van der Waals surface area contributed by atoms with Crippen molar-refractivity contribution in [2.75, 3.05) is 39.0 Å². The maximum atomic E-state index is 13.8. The molecular formula is C29H37N7O3. The van der Waals surface area contributed by atoms with Gasteiger partial charge < -0.3 is 20.2 Å². The number of carbonyl (C=O) groups excluding carboxylic acids is 2. The third kappa shape index (κ3) is 5.21. The van der Waals surface area contributed by atoms with E-state index in [0.717, 1.165) is 32.1 Å². The van der Waals surface area contributed by atoms with Crippen LogP contribution in [0.3, 0.4) is 0 Å². The maximum Gasteiger partial charge on any atom is 0.320 e. The Morgan fingerprint density at radius 1 is 1.10 bits per heavy atom. The van der Waals surface area contributed by atoms with Crippen LogP contribution >= 0.6 is 0 Å². The van der Waals surface area contributed by atoms with Crippen LogP contribution in [-0.4, -0.2) is 86.6 Å². The zero-order valence-electron chi connectivity index (χ0n) is 22.8. The number of benzene rings is 1. The number of aromatic nitrogens is 2. The summed E-state index contributed by atoms with van der Waals surface area (Å²) in [4.78, 5) is 40.2. The molecule has 0 unspecified atom stereocenters. The highest BCUT2D eigenvalue weighted by Crippen LogP contribution is 2.50. The Morgan fingerprint density at radius 3 is 2.33 bits per heavy atom. The van der Waals surface area contributed by atoms with E-state index < -0.39 is 5.60 Å². The van der Waals surface area contributed by atoms with E-state index in [-0.39, 0.29) is 41.8 Å². The number of hydrogen-bond acceptors (Lipinski definition) is 7. The molecule has 10 nitrogen and oxygen atoms in total. The smallest absolute Gasteiger partial charge is 0.320 e. The number of nitriles is 1. The summed E-state index contributed by atoms with van der Waals surface area (Å²) in [7, 11) is 4.26. The number of hydrogen-bond donors (Lipinski definition) is 2. The molecule has 1 aromatic carbocycles. The highest BCUT2D eigenvalue weighted by molar-refractivity contribution is 5.91. The standard InChI is InChI=1S/C29H37N7O3/c1-34(2)29(22-7-4-3-5-8-22)14-12-27(13-15-29)20-35(26(38)36(27)21-28(39)10-6-11-28)16-9-25(37)33-23-18-31-24(17-30)32-19-23/h3-5,7-8,18-19,39H,6,9-16,20-21H2,1-2H3,(H,33,37)/t27-,29+. The van der Waals surface area contributed by atoms with E-state index in [0.29, 0.717) is 31.6 Å². The van der Waals surface area contributed by atoms with Crippen LogP contribution in [0, 0.1) is 11.3 Å². The molecule has 2 aliphatic carbocycles. The summed E-state index contributed by atoms with van der Waals surface area (Å²) >= 11 is 0. The van der Waals surface area contributed by atoms with E-state index in [9.17, 15) is 14.7 Å². The molecule has 2 heterocycles. The van der Waals surface area contributed by atoms with Gasteiger partial charge in [0.15, 0.2) is 0 Å². The summed E-state index contributed by atoms with van der Waals surface area (Å²) in [5.74, 6) is -0.215. The van der Waals surface area contributed by atoms with E-state index in [4.69, 9.17) is 5.26 Å². The van der Waals surface area contributed by atoms with Gasteiger partial charge in [0.2, 0.25) is 11.7 Å². The molecule has 1 spiro atoms. The Balaban J connectivity index is 1.30. The Kier molecular flexibility index (Phi) is 7.31. The van der Waals surface area contributed by atoms with Gasteiger partial charge in [-0.2, -0.15) is 5.26 Å². The normalized spacial score (nSPS) is 26.0. The molecule has 0 atom stereocenters. The Morgan fingerprint density at radius 2 is 1.77 bits per heavy atom. The van der Waals surface area contributed by atoms with Crippen LogP contribution in [0.25, 0.3) is 0 Å². The molecule has 1 saturated heterocycles. The lowest BCUT2D eigenvalue weighted by Crippen LogP contribution is -2.59. The summed E-state index contributed by atoms with van der Waals surface area (Å²) in [6, 6.07) is 12.3. The Hall–Kier alpha value is -3.55. The molecule has 1 aromatic heterocycles. The van der Waals surface area contributed by atoms with Crippen molar-refractivity contribution in [3.05, 3.63) is 54.1 Å². The minimum atomic E-state index is -0.818. The van der Waals surface area contributed by atoms with Gasteiger partial charge in [0, 0.05) is 25.0 Å². The van der Waals surface area contributed by atoms with Crippen molar-refractivity contribution in [3.63, 3.8) is 0 Å². The highest BCUT2D eigenvalue weighted by Gasteiger charge is 2.56. The third-order valence-corrected chi connectivity index (χ3v) is 9.12. The summed E-state index contributed by atoms with van der Waals surface area (Å²) in [6.07, 6.45) is 8.79. The van der Waals surface area contributed by atoms with Crippen molar-refractivity contribution in [2.45, 2.75) is 68.0 Å². The fourth-order valence-electron chi connectivity index (χ4n) is 6.54. The summed E-state index contributed by atoms with van der Waals surface area (Å²) < 4.78 is 0.